The van der Waals surface area contributed by atoms with Gasteiger partial charge in [0.2, 0.25) is 0 Å². The number of benzene rings is 6. The van der Waals surface area contributed by atoms with Crippen LogP contribution in [0.3, 0.4) is 0 Å². The highest BCUT2D eigenvalue weighted by molar-refractivity contribution is 6.22. The number of aromatic nitrogens is 4. The Labute approximate surface area is 311 Å². The molecule has 3 N–H and O–H groups in total. The number of aliphatic hydroxyl groups excluding tert-OH is 2. The molecule has 1 aliphatic heterocycles. The number of nitrogens with one attached hydrogen (secondary N) is 1. The van der Waals surface area contributed by atoms with E-state index in [1.165, 1.54) is 22.7 Å². The number of hydrogen-bond donors (Lipinski definition) is 3. The van der Waals surface area contributed by atoms with E-state index in [2.05, 4.69) is 77.7 Å². The van der Waals surface area contributed by atoms with E-state index in [9.17, 15) is 10.2 Å². The first kappa shape index (κ1) is 33.7. The number of hydrogen-bond acceptors (Lipinski definition) is 9. The van der Waals surface area contributed by atoms with Crippen LogP contribution in [0.15, 0.2) is 116 Å². The summed E-state index contributed by atoms with van der Waals surface area (Å²) in [7, 11) is 0. The zero-order chi connectivity index (χ0) is 36.8. The van der Waals surface area contributed by atoms with Crippen molar-refractivity contribution in [3.63, 3.8) is 0 Å². The van der Waals surface area contributed by atoms with Gasteiger partial charge in [0, 0.05) is 23.3 Å². The van der Waals surface area contributed by atoms with E-state index in [4.69, 9.17) is 19.2 Å². The quantitative estimate of drug-likeness (QED) is 0.0945. The Bertz CT molecular complexity index is 2650. The number of aryl methyl sites for hydroxylation is 2. The van der Waals surface area contributed by atoms with Gasteiger partial charge in [0.1, 0.15) is 31.9 Å². The van der Waals surface area contributed by atoms with Gasteiger partial charge in [-0.1, -0.05) is 91.0 Å². The van der Waals surface area contributed by atoms with E-state index in [0.29, 0.717) is 48.1 Å². The van der Waals surface area contributed by atoms with E-state index in [1.54, 1.807) is 10.9 Å². The van der Waals surface area contributed by atoms with Gasteiger partial charge in [-0.05, 0) is 63.7 Å². The predicted molar refractivity (Wildman–Crippen MR) is 210 cm³/mol. The van der Waals surface area contributed by atoms with E-state index in [0.717, 1.165) is 43.9 Å². The van der Waals surface area contributed by atoms with Gasteiger partial charge in [-0.15, -0.1) is 0 Å². The maximum atomic E-state index is 10.5. The lowest BCUT2D eigenvalue weighted by Gasteiger charge is -2.22. The minimum absolute atomic E-state index is 0.277. The summed E-state index contributed by atoms with van der Waals surface area (Å²) in [5.74, 6) is 1.73. The molecular weight excluding hydrogens is 679 g/mol. The molecule has 2 aromatic heterocycles. The third-order valence-corrected chi connectivity index (χ3v) is 10.5. The molecule has 0 bridgehead atoms. The Morgan fingerprint density at radius 2 is 1.43 bits per heavy atom. The van der Waals surface area contributed by atoms with Gasteiger partial charge in [-0.25, -0.2) is 15.0 Å². The number of rotatable bonds is 10. The van der Waals surface area contributed by atoms with Crippen LogP contribution < -0.4 is 14.8 Å². The second-order valence-corrected chi connectivity index (χ2v) is 13.8. The van der Waals surface area contributed by atoms with Crippen molar-refractivity contribution in [2.45, 2.75) is 51.9 Å². The zero-order valence-electron chi connectivity index (χ0n) is 29.9. The van der Waals surface area contributed by atoms with E-state index >= 15 is 0 Å². The highest BCUT2D eigenvalue weighted by Crippen LogP contribution is 2.48. The Hall–Kier alpha value is -6.07. The van der Waals surface area contributed by atoms with Crippen molar-refractivity contribution >= 4 is 55.0 Å². The summed E-state index contributed by atoms with van der Waals surface area (Å²) < 4.78 is 21.1. The molecule has 1 saturated heterocycles. The number of imidazole rings is 1. The fourth-order valence-electron chi connectivity index (χ4n) is 7.74. The number of aliphatic hydroxyl groups is 2. The van der Waals surface area contributed by atoms with Crippen molar-refractivity contribution in [1.82, 2.24) is 19.5 Å². The molecule has 8 aromatic rings. The monoisotopic (exact) mass is 717 g/mol. The molecule has 0 spiro atoms. The van der Waals surface area contributed by atoms with Crippen molar-refractivity contribution in [1.29, 1.82) is 0 Å². The lowest BCUT2D eigenvalue weighted by Crippen LogP contribution is -2.24. The fraction of sp³-hybridized carbons (Fsp3) is 0.205. The minimum Gasteiger partial charge on any atom is -0.485 e. The molecule has 270 valence electrons. The number of anilines is 2. The summed E-state index contributed by atoms with van der Waals surface area (Å²) in [5.41, 5.74) is 6.26. The minimum atomic E-state index is -0.795. The van der Waals surface area contributed by atoms with Crippen LogP contribution in [0.25, 0.3) is 43.5 Å². The normalized spacial score (nSPS) is 17.1. The average molecular weight is 718 g/mol. The molecule has 1 fully saturated rings. The summed E-state index contributed by atoms with van der Waals surface area (Å²) >= 11 is 0. The summed E-state index contributed by atoms with van der Waals surface area (Å²) in [6.07, 6.45) is 1.43. The summed E-state index contributed by atoms with van der Waals surface area (Å²) in [6.45, 7) is 4.78. The van der Waals surface area contributed by atoms with Gasteiger partial charge < -0.3 is 29.7 Å². The van der Waals surface area contributed by atoms with Gasteiger partial charge in [0.15, 0.2) is 28.5 Å². The number of ether oxygens (including phenoxy) is 3. The van der Waals surface area contributed by atoms with Crippen LogP contribution in [0, 0.1) is 13.8 Å². The van der Waals surface area contributed by atoms with Crippen molar-refractivity contribution in [2.24, 2.45) is 0 Å². The van der Waals surface area contributed by atoms with Crippen LogP contribution in [-0.2, 0) is 18.0 Å². The van der Waals surface area contributed by atoms with E-state index in [1.807, 2.05) is 54.6 Å². The molecule has 0 radical (unpaired) electrons. The largest absolute Gasteiger partial charge is 0.485 e. The maximum absolute atomic E-state index is 10.5. The summed E-state index contributed by atoms with van der Waals surface area (Å²) in [6, 6.07) is 35.0. The molecule has 3 atom stereocenters. The highest BCUT2D eigenvalue weighted by atomic mass is 16.5. The van der Waals surface area contributed by atoms with Gasteiger partial charge in [0.05, 0.1) is 24.7 Å². The lowest BCUT2D eigenvalue weighted by molar-refractivity contribution is -0.0432. The van der Waals surface area contributed by atoms with Gasteiger partial charge in [0.25, 0.3) is 0 Å². The molecule has 3 heterocycles. The van der Waals surface area contributed by atoms with Gasteiger partial charge in [-0.3, -0.25) is 4.57 Å². The number of nitrogens with zero attached hydrogens (tertiary/aromatic N) is 4. The third kappa shape index (κ3) is 5.94. The van der Waals surface area contributed by atoms with Crippen LogP contribution in [0.4, 0.5) is 11.5 Å². The first-order chi connectivity index (χ1) is 26.5. The standard InChI is InChI=1S/C44H39N5O5/c1-26-30-15-9-10-16-31(30)27(2)39-32(26)17-18-33-40(39)34(48-43-41-44(46-24-45-43)49(25-47-41)38-20-35(51)37(21-50)54-38)19-36(52-22-28-11-5-3-6-12-28)42(33)53-23-29-13-7-4-8-14-29/h3-19,24-25,35,37-38,50-51H,20-23H2,1-2H3,(H,45,46,48)/t35-,37+,38+/m0/s1. The molecule has 0 unspecified atom stereocenters. The first-order valence-electron chi connectivity index (χ1n) is 18.1. The van der Waals surface area contributed by atoms with Crippen molar-refractivity contribution in [3.8, 4) is 11.5 Å². The van der Waals surface area contributed by atoms with Gasteiger partial charge >= 0.3 is 0 Å². The predicted octanol–water partition coefficient (Wildman–Crippen LogP) is 8.45. The molecule has 10 nitrogen and oxygen atoms in total. The smallest absolute Gasteiger partial charge is 0.169 e. The Morgan fingerprint density at radius 1 is 0.759 bits per heavy atom. The average Bonchev–Trinajstić information content (AvgIpc) is 3.82. The van der Waals surface area contributed by atoms with Crippen LogP contribution >= 0.6 is 0 Å². The van der Waals surface area contributed by atoms with Crippen molar-refractivity contribution in [3.05, 3.63) is 138 Å². The van der Waals surface area contributed by atoms with E-state index in [-0.39, 0.29) is 6.61 Å². The number of fused-ring (bicyclic) bond motifs is 5. The molecule has 0 amide bonds. The lowest BCUT2D eigenvalue weighted by atomic mass is 9.89. The first-order valence-corrected chi connectivity index (χ1v) is 18.1. The second kappa shape index (κ2) is 14.1. The maximum Gasteiger partial charge on any atom is 0.169 e. The molecule has 9 rings (SSSR count). The van der Waals surface area contributed by atoms with Crippen LogP contribution in [0.1, 0.15) is 34.9 Å². The van der Waals surface area contributed by atoms with Crippen LogP contribution in [0.5, 0.6) is 11.5 Å². The van der Waals surface area contributed by atoms with Crippen molar-refractivity contribution in [2.75, 3.05) is 11.9 Å². The highest BCUT2D eigenvalue weighted by Gasteiger charge is 2.35. The van der Waals surface area contributed by atoms with Crippen LogP contribution in [-0.4, -0.2) is 48.5 Å². The SMILES string of the molecule is Cc1c2ccccc2c(C)c2c1ccc1c(OCc3ccccc3)c(OCc3ccccc3)cc(Nc3ncnc4c3ncn4[C@H]3C[C@H](O)[C@@H](CO)O3)c12. The fourth-order valence-corrected chi connectivity index (χ4v) is 7.74. The molecule has 10 heteroatoms. The Morgan fingerprint density at radius 3 is 2.13 bits per heavy atom. The molecule has 0 saturated carbocycles. The molecule has 6 aromatic carbocycles. The summed E-state index contributed by atoms with van der Waals surface area (Å²) in [4.78, 5) is 14.0. The molecule has 0 aliphatic carbocycles. The topological polar surface area (TPSA) is 124 Å². The Kier molecular flexibility index (Phi) is 8.78. The molecular formula is C44H39N5O5. The van der Waals surface area contributed by atoms with E-state index < -0.39 is 18.4 Å². The molecule has 54 heavy (non-hydrogen) atoms. The van der Waals surface area contributed by atoms with Gasteiger partial charge in [-0.2, -0.15) is 0 Å². The summed E-state index contributed by atoms with van der Waals surface area (Å²) in [5, 5.41) is 30.3. The molecule has 1 aliphatic rings. The third-order valence-electron chi connectivity index (χ3n) is 10.5. The van der Waals surface area contributed by atoms with Crippen LogP contribution in [0.2, 0.25) is 0 Å². The Balaban J connectivity index is 1.25. The zero-order valence-corrected chi connectivity index (χ0v) is 29.9. The second-order valence-electron chi connectivity index (χ2n) is 13.8. The van der Waals surface area contributed by atoms with Crippen molar-refractivity contribution < 1.29 is 24.4 Å².